The molecule has 10 aromatic rings. The number of nitrogens with zero attached hydrogens (tertiary/aromatic N) is 4. The third-order valence-corrected chi connectivity index (χ3v) is 12.6. The monoisotopic (exact) mass is 818 g/mol. The van der Waals surface area contributed by atoms with Crippen molar-refractivity contribution in [1.29, 1.82) is 0 Å². The van der Waals surface area contributed by atoms with Crippen molar-refractivity contribution in [3.05, 3.63) is 242 Å². The van der Waals surface area contributed by atoms with Gasteiger partial charge in [0.25, 0.3) is 0 Å². The summed E-state index contributed by atoms with van der Waals surface area (Å²) in [4.78, 5) is 12.8. The third-order valence-electron chi connectivity index (χ3n) is 12.6. The first-order valence-electron chi connectivity index (χ1n) is 22.0. The van der Waals surface area contributed by atoms with Crippen molar-refractivity contribution in [2.24, 2.45) is 0 Å². The highest BCUT2D eigenvalue weighted by molar-refractivity contribution is 6.10. The third kappa shape index (κ3) is 6.56. The van der Waals surface area contributed by atoms with Crippen molar-refractivity contribution in [3.63, 3.8) is 0 Å². The predicted octanol–water partition coefficient (Wildman–Crippen LogP) is 15.6. The highest BCUT2D eigenvalue weighted by Gasteiger charge is 2.33. The largest absolute Gasteiger partial charge is 0.313 e. The summed E-state index contributed by atoms with van der Waals surface area (Å²) in [5.41, 5.74) is 20.5. The van der Waals surface area contributed by atoms with Crippen LogP contribution in [0.25, 0.3) is 89.6 Å². The first-order chi connectivity index (χ1) is 31.7. The van der Waals surface area contributed by atoms with Crippen LogP contribution in [-0.4, -0.2) is 14.5 Å². The minimum absolute atomic E-state index is 0.705. The van der Waals surface area contributed by atoms with Crippen LogP contribution in [-0.2, 0) is 0 Å². The molecule has 2 aliphatic rings. The van der Waals surface area contributed by atoms with E-state index in [1.165, 1.54) is 67.1 Å². The number of anilines is 2. The van der Waals surface area contributed by atoms with Gasteiger partial charge in [0, 0.05) is 55.8 Å². The zero-order valence-electron chi connectivity index (χ0n) is 35.1. The van der Waals surface area contributed by atoms with Crippen LogP contribution in [0, 0.1) is 0 Å². The second-order valence-corrected chi connectivity index (χ2v) is 16.5. The molecule has 302 valence electrons. The Hall–Kier alpha value is -8.34. The highest BCUT2D eigenvalue weighted by atomic mass is 15.2. The molecule has 12 rings (SSSR count). The maximum absolute atomic E-state index is 5.15. The highest BCUT2D eigenvalue weighted by Crippen LogP contribution is 2.52. The fourth-order valence-corrected chi connectivity index (χ4v) is 9.60. The molecule has 2 aromatic heterocycles. The van der Waals surface area contributed by atoms with Crippen molar-refractivity contribution in [3.8, 4) is 73.1 Å². The summed E-state index contributed by atoms with van der Waals surface area (Å²) in [5.74, 6) is 0.705. The summed E-state index contributed by atoms with van der Waals surface area (Å²) in [7, 11) is 0. The van der Waals surface area contributed by atoms with E-state index in [2.05, 4.69) is 216 Å². The van der Waals surface area contributed by atoms with E-state index in [4.69, 9.17) is 9.97 Å². The van der Waals surface area contributed by atoms with Crippen molar-refractivity contribution in [2.45, 2.75) is 12.8 Å². The summed E-state index contributed by atoms with van der Waals surface area (Å²) in [6, 6.07) is 78.0. The fourth-order valence-electron chi connectivity index (χ4n) is 9.60. The van der Waals surface area contributed by atoms with E-state index in [1.807, 2.05) is 24.3 Å². The number of aromatic nitrogens is 3. The summed E-state index contributed by atoms with van der Waals surface area (Å²) in [6.07, 6.45) is 6.66. The van der Waals surface area contributed by atoms with E-state index in [0.29, 0.717) is 5.82 Å². The maximum Gasteiger partial charge on any atom is 0.160 e. The average molecular weight is 819 g/mol. The molecule has 4 nitrogen and oxygen atoms in total. The SMILES string of the molecule is C1=CC2=C(CC1)N(c1ccccc1)c1ccccc1-c1c2c2cc(-c3ccc(-c4cc(-c5ccc(-c6ccccc6)cc5)nc(-c5ccccc5)n4)cc3)ccc2n1-c1ccccc1. The summed E-state index contributed by atoms with van der Waals surface area (Å²) < 4.78 is 2.48. The Kier molecular flexibility index (Phi) is 9.27. The Bertz CT molecular complexity index is 3390. The van der Waals surface area contributed by atoms with Gasteiger partial charge in [-0.05, 0) is 83.6 Å². The van der Waals surface area contributed by atoms with Gasteiger partial charge in [-0.15, -0.1) is 0 Å². The lowest BCUT2D eigenvalue weighted by atomic mass is 9.92. The second-order valence-electron chi connectivity index (χ2n) is 16.5. The molecular formula is C60H42N4. The van der Waals surface area contributed by atoms with Crippen molar-refractivity contribution < 1.29 is 0 Å². The molecule has 0 saturated carbocycles. The van der Waals surface area contributed by atoms with Gasteiger partial charge in [0.05, 0.1) is 28.3 Å². The van der Waals surface area contributed by atoms with Crippen LogP contribution in [0.2, 0.25) is 0 Å². The normalized spacial score (nSPS) is 13.0. The van der Waals surface area contributed by atoms with Gasteiger partial charge in [-0.25, -0.2) is 9.97 Å². The van der Waals surface area contributed by atoms with Crippen LogP contribution in [0.15, 0.2) is 236 Å². The van der Waals surface area contributed by atoms with E-state index in [1.54, 1.807) is 0 Å². The average Bonchev–Trinajstić information content (AvgIpc) is 3.65. The van der Waals surface area contributed by atoms with Crippen molar-refractivity contribution >= 4 is 27.9 Å². The van der Waals surface area contributed by atoms with Crippen LogP contribution in [0.5, 0.6) is 0 Å². The minimum atomic E-state index is 0.705. The lowest BCUT2D eigenvalue weighted by Gasteiger charge is -2.30. The quantitative estimate of drug-likeness (QED) is 0.161. The zero-order chi connectivity index (χ0) is 42.4. The second kappa shape index (κ2) is 15.8. The molecule has 3 heterocycles. The van der Waals surface area contributed by atoms with E-state index >= 15 is 0 Å². The lowest BCUT2D eigenvalue weighted by molar-refractivity contribution is 0.926. The Morgan fingerprint density at radius 3 is 1.59 bits per heavy atom. The predicted molar refractivity (Wildman–Crippen MR) is 265 cm³/mol. The lowest BCUT2D eigenvalue weighted by Crippen LogP contribution is -2.18. The molecule has 1 aliphatic carbocycles. The van der Waals surface area contributed by atoms with E-state index in [9.17, 15) is 0 Å². The Labute approximate surface area is 373 Å². The Morgan fingerprint density at radius 1 is 0.422 bits per heavy atom. The van der Waals surface area contributed by atoms with Gasteiger partial charge in [0.1, 0.15) is 0 Å². The first kappa shape index (κ1) is 37.4. The van der Waals surface area contributed by atoms with Crippen LogP contribution >= 0.6 is 0 Å². The molecule has 1 aliphatic heterocycles. The molecule has 0 N–H and O–H groups in total. The number of allylic oxidation sites excluding steroid dienone is 4. The number of para-hydroxylation sites is 3. The Balaban J connectivity index is 0.993. The van der Waals surface area contributed by atoms with Crippen LogP contribution < -0.4 is 4.90 Å². The molecule has 0 atom stereocenters. The van der Waals surface area contributed by atoms with E-state index in [-0.39, 0.29) is 0 Å². The van der Waals surface area contributed by atoms with Crippen LogP contribution in [0.3, 0.4) is 0 Å². The molecule has 64 heavy (non-hydrogen) atoms. The molecule has 0 saturated heterocycles. The smallest absolute Gasteiger partial charge is 0.160 e. The molecule has 0 spiro atoms. The summed E-state index contributed by atoms with van der Waals surface area (Å²) in [5, 5.41) is 1.23. The molecule has 4 heteroatoms. The summed E-state index contributed by atoms with van der Waals surface area (Å²) >= 11 is 0. The van der Waals surface area contributed by atoms with Gasteiger partial charge in [0.2, 0.25) is 0 Å². The summed E-state index contributed by atoms with van der Waals surface area (Å²) in [6.45, 7) is 0. The topological polar surface area (TPSA) is 34.0 Å². The maximum atomic E-state index is 5.15. The number of hydrogen-bond donors (Lipinski definition) is 0. The molecule has 0 radical (unpaired) electrons. The van der Waals surface area contributed by atoms with Gasteiger partial charge in [0.15, 0.2) is 5.82 Å². The van der Waals surface area contributed by atoms with Gasteiger partial charge in [-0.1, -0.05) is 182 Å². The minimum Gasteiger partial charge on any atom is -0.313 e. The van der Waals surface area contributed by atoms with Gasteiger partial charge in [-0.2, -0.15) is 0 Å². The van der Waals surface area contributed by atoms with Crippen LogP contribution in [0.1, 0.15) is 18.4 Å². The first-order valence-corrected chi connectivity index (χ1v) is 22.0. The number of hydrogen-bond acceptors (Lipinski definition) is 3. The molecule has 0 amide bonds. The van der Waals surface area contributed by atoms with E-state index < -0.39 is 0 Å². The van der Waals surface area contributed by atoms with Crippen molar-refractivity contribution in [1.82, 2.24) is 14.5 Å². The van der Waals surface area contributed by atoms with E-state index in [0.717, 1.165) is 52.2 Å². The molecular weight excluding hydrogens is 777 g/mol. The molecule has 0 bridgehead atoms. The standard InChI is InChI=1S/C60H42N4/c1-5-17-41(18-6-1)42-29-33-44(34-30-42)53-40-54(62-60(61-53)46-19-7-2-8-20-46)45-35-31-43(32-36-45)47-37-38-57-52(39-47)58-50-25-13-15-27-55(50)63(48-21-9-3-10-22-48)56-28-16-14-26-51(56)59(58)64(57)49-23-11-4-12-24-49/h1-14,16-26,28-40H,15,27H2. The molecule has 0 fully saturated rings. The van der Waals surface area contributed by atoms with Gasteiger partial charge < -0.3 is 9.47 Å². The number of benzene rings is 8. The molecule has 0 unspecified atom stereocenters. The van der Waals surface area contributed by atoms with Gasteiger partial charge in [-0.3, -0.25) is 0 Å². The zero-order valence-corrected chi connectivity index (χ0v) is 35.1. The van der Waals surface area contributed by atoms with Gasteiger partial charge >= 0.3 is 0 Å². The molecule has 8 aromatic carbocycles. The number of fused-ring (bicyclic) bond motifs is 6. The number of rotatable bonds is 7. The van der Waals surface area contributed by atoms with Crippen LogP contribution in [0.4, 0.5) is 11.4 Å². The Morgan fingerprint density at radius 2 is 0.938 bits per heavy atom. The van der Waals surface area contributed by atoms with Crippen molar-refractivity contribution in [2.75, 3.05) is 4.90 Å². The fraction of sp³-hybridized carbons (Fsp3) is 0.0333.